The van der Waals surface area contributed by atoms with Gasteiger partial charge < -0.3 is 15.0 Å². The molecule has 3 heterocycles. The van der Waals surface area contributed by atoms with Crippen LogP contribution in [-0.2, 0) is 20.9 Å². The SMILES string of the molecule is COCCNC(=O)C1CCCN(C2CCN(C(=O)Cn3cc(C)cn3)CC2)C1. The summed E-state index contributed by atoms with van der Waals surface area (Å²) in [6, 6.07) is 0.463. The number of hydrogen-bond acceptors (Lipinski definition) is 5. The Labute approximate surface area is 167 Å². The van der Waals surface area contributed by atoms with Crippen LogP contribution in [0.25, 0.3) is 0 Å². The number of amides is 2. The zero-order valence-corrected chi connectivity index (χ0v) is 17.1. The normalized spacial score (nSPS) is 21.6. The van der Waals surface area contributed by atoms with Gasteiger partial charge in [-0.2, -0.15) is 5.10 Å². The number of nitrogens with zero attached hydrogens (tertiary/aromatic N) is 4. The van der Waals surface area contributed by atoms with E-state index in [9.17, 15) is 9.59 Å². The summed E-state index contributed by atoms with van der Waals surface area (Å²) in [7, 11) is 1.64. The molecule has 8 heteroatoms. The first-order valence-electron chi connectivity index (χ1n) is 10.3. The average Bonchev–Trinajstić information content (AvgIpc) is 3.13. The van der Waals surface area contributed by atoms with Crippen LogP contribution in [0.4, 0.5) is 0 Å². The van der Waals surface area contributed by atoms with E-state index in [4.69, 9.17) is 4.74 Å². The van der Waals surface area contributed by atoms with E-state index in [0.29, 0.717) is 25.7 Å². The zero-order valence-electron chi connectivity index (χ0n) is 17.1. The Bertz CT molecular complexity index is 654. The molecule has 1 unspecified atom stereocenters. The molecule has 2 aliphatic rings. The van der Waals surface area contributed by atoms with Crippen molar-refractivity contribution in [2.45, 2.75) is 45.2 Å². The first kappa shape index (κ1) is 20.8. The largest absolute Gasteiger partial charge is 0.383 e. The molecular formula is C20H33N5O3. The first-order valence-corrected chi connectivity index (χ1v) is 10.3. The van der Waals surface area contributed by atoms with Crippen molar-refractivity contribution in [3.8, 4) is 0 Å². The maximum absolute atomic E-state index is 12.5. The van der Waals surface area contributed by atoms with Gasteiger partial charge in [0.25, 0.3) is 0 Å². The number of piperidine rings is 2. The molecule has 0 aromatic carbocycles. The van der Waals surface area contributed by atoms with E-state index >= 15 is 0 Å². The van der Waals surface area contributed by atoms with E-state index in [1.807, 2.05) is 18.0 Å². The van der Waals surface area contributed by atoms with Gasteiger partial charge in [-0.1, -0.05) is 0 Å². The van der Waals surface area contributed by atoms with Gasteiger partial charge in [-0.15, -0.1) is 0 Å². The van der Waals surface area contributed by atoms with E-state index in [-0.39, 0.29) is 17.7 Å². The van der Waals surface area contributed by atoms with Crippen molar-refractivity contribution in [2.75, 3.05) is 46.4 Å². The molecule has 1 atom stereocenters. The molecule has 3 rings (SSSR count). The van der Waals surface area contributed by atoms with Crippen LogP contribution in [0.15, 0.2) is 12.4 Å². The molecule has 28 heavy (non-hydrogen) atoms. The zero-order chi connectivity index (χ0) is 19.9. The summed E-state index contributed by atoms with van der Waals surface area (Å²) in [5, 5.41) is 7.18. The predicted molar refractivity (Wildman–Crippen MR) is 106 cm³/mol. The van der Waals surface area contributed by atoms with Gasteiger partial charge in [0, 0.05) is 45.5 Å². The Morgan fingerprint density at radius 2 is 2.04 bits per heavy atom. The molecule has 1 aromatic rings. The number of carbonyl (C=O) groups is 2. The molecule has 0 saturated carbocycles. The third-order valence-corrected chi connectivity index (χ3v) is 5.82. The van der Waals surface area contributed by atoms with Crippen molar-refractivity contribution >= 4 is 11.8 Å². The number of nitrogens with one attached hydrogen (secondary N) is 1. The van der Waals surface area contributed by atoms with Crippen LogP contribution in [0.5, 0.6) is 0 Å². The number of rotatable bonds is 7. The molecule has 0 spiro atoms. The molecular weight excluding hydrogens is 358 g/mol. The van der Waals surface area contributed by atoms with Crippen LogP contribution < -0.4 is 5.32 Å². The minimum absolute atomic E-state index is 0.0633. The summed E-state index contributed by atoms with van der Waals surface area (Å²) < 4.78 is 6.71. The fourth-order valence-corrected chi connectivity index (χ4v) is 4.25. The van der Waals surface area contributed by atoms with Crippen LogP contribution in [0.2, 0.25) is 0 Å². The van der Waals surface area contributed by atoms with Gasteiger partial charge in [0.1, 0.15) is 6.54 Å². The molecule has 0 bridgehead atoms. The molecule has 1 aromatic heterocycles. The second-order valence-corrected chi connectivity index (χ2v) is 7.95. The highest BCUT2D eigenvalue weighted by Gasteiger charge is 2.32. The lowest BCUT2D eigenvalue weighted by molar-refractivity contribution is -0.133. The predicted octanol–water partition coefficient (Wildman–Crippen LogP) is 0.657. The number of aryl methyl sites for hydroxylation is 1. The van der Waals surface area contributed by atoms with Crippen molar-refractivity contribution < 1.29 is 14.3 Å². The van der Waals surface area contributed by atoms with E-state index in [2.05, 4.69) is 15.3 Å². The Balaban J connectivity index is 1.43. The quantitative estimate of drug-likeness (QED) is 0.691. The van der Waals surface area contributed by atoms with Crippen molar-refractivity contribution in [3.05, 3.63) is 18.0 Å². The molecule has 8 nitrogen and oxygen atoms in total. The number of likely N-dealkylation sites (tertiary alicyclic amines) is 2. The molecule has 0 aliphatic carbocycles. The van der Waals surface area contributed by atoms with Crippen LogP contribution in [0.1, 0.15) is 31.2 Å². The number of aromatic nitrogens is 2. The van der Waals surface area contributed by atoms with Gasteiger partial charge in [-0.3, -0.25) is 19.2 Å². The van der Waals surface area contributed by atoms with Crippen LogP contribution in [0.3, 0.4) is 0 Å². The lowest BCUT2D eigenvalue weighted by atomic mass is 9.93. The molecule has 1 N–H and O–H groups in total. The number of hydrogen-bond donors (Lipinski definition) is 1. The standard InChI is InChI=1S/C20H33N5O3/c1-16-12-22-25(13-16)15-19(26)23-9-5-18(6-10-23)24-8-3-4-17(14-24)20(27)21-7-11-28-2/h12-13,17-18H,3-11,14-15H2,1-2H3,(H,21,27). The second-order valence-electron chi connectivity index (χ2n) is 7.95. The first-order chi connectivity index (χ1) is 13.6. The molecule has 2 amide bonds. The van der Waals surface area contributed by atoms with E-state index < -0.39 is 0 Å². The average molecular weight is 392 g/mol. The van der Waals surface area contributed by atoms with Crippen LogP contribution in [-0.4, -0.2) is 83.9 Å². The van der Waals surface area contributed by atoms with Crippen LogP contribution >= 0.6 is 0 Å². The minimum Gasteiger partial charge on any atom is -0.383 e. The molecule has 2 saturated heterocycles. The minimum atomic E-state index is 0.0633. The topological polar surface area (TPSA) is 79.7 Å². The van der Waals surface area contributed by atoms with E-state index in [1.165, 1.54) is 0 Å². The van der Waals surface area contributed by atoms with Gasteiger partial charge in [0.2, 0.25) is 11.8 Å². The maximum atomic E-state index is 12.5. The molecule has 2 aliphatic heterocycles. The van der Waals surface area contributed by atoms with Crippen LogP contribution in [0, 0.1) is 12.8 Å². The lowest BCUT2D eigenvalue weighted by Crippen LogP contribution is -2.52. The maximum Gasteiger partial charge on any atom is 0.244 e. The monoisotopic (exact) mass is 391 g/mol. The van der Waals surface area contributed by atoms with E-state index in [0.717, 1.165) is 57.4 Å². The van der Waals surface area contributed by atoms with E-state index in [1.54, 1.807) is 18.0 Å². The highest BCUT2D eigenvalue weighted by molar-refractivity contribution is 5.79. The van der Waals surface area contributed by atoms with Crippen molar-refractivity contribution in [3.63, 3.8) is 0 Å². The second kappa shape index (κ2) is 10.0. The fraction of sp³-hybridized carbons (Fsp3) is 0.750. The van der Waals surface area contributed by atoms with Crippen molar-refractivity contribution in [2.24, 2.45) is 5.92 Å². The van der Waals surface area contributed by atoms with Gasteiger partial charge in [0.05, 0.1) is 18.7 Å². The summed E-state index contributed by atoms with van der Waals surface area (Å²) in [5.41, 5.74) is 1.07. The summed E-state index contributed by atoms with van der Waals surface area (Å²) in [5.74, 6) is 0.341. The number of ether oxygens (including phenoxy) is 1. The summed E-state index contributed by atoms with van der Waals surface area (Å²) >= 11 is 0. The summed E-state index contributed by atoms with van der Waals surface area (Å²) in [4.78, 5) is 29.3. The molecule has 156 valence electrons. The van der Waals surface area contributed by atoms with Gasteiger partial charge in [0.15, 0.2) is 0 Å². The van der Waals surface area contributed by atoms with Gasteiger partial charge >= 0.3 is 0 Å². The third kappa shape index (κ3) is 5.54. The summed E-state index contributed by atoms with van der Waals surface area (Å²) in [6.07, 6.45) is 7.63. The lowest BCUT2D eigenvalue weighted by Gasteiger charge is -2.42. The Hall–Kier alpha value is -1.93. The highest BCUT2D eigenvalue weighted by atomic mass is 16.5. The molecule has 0 radical (unpaired) electrons. The Morgan fingerprint density at radius 1 is 1.25 bits per heavy atom. The van der Waals surface area contributed by atoms with Gasteiger partial charge in [-0.05, 0) is 44.7 Å². The number of carbonyl (C=O) groups excluding carboxylic acids is 2. The Kier molecular flexibility index (Phi) is 7.44. The van der Waals surface area contributed by atoms with Crippen molar-refractivity contribution in [1.29, 1.82) is 0 Å². The smallest absolute Gasteiger partial charge is 0.244 e. The van der Waals surface area contributed by atoms with Gasteiger partial charge in [-0.25, -0.2) is 0 Å². The van der Waals surface area contributed by atoms with Crippen molar-refractivity contribution in [1.82, 2.24) is 24.9 Å². The number of methoxy groups -OCH3 is 1. The Morgan fingerprint density at radius 3 is 2.71 bits per heavy atom. The highest BCUT2D eigenvalue weighted by Crippen LogP contribution is 2.24. The third-order valence-electron chi connectivity index (χ3n) is 5.82. The fourth-order valence-electron chi connectivity index (χ4n) is 4.25. The molecule has 2 fully saturated rings. The summed E-state index contributed by atoms with van der Waals surface area (Å²) in [6.45, 7) is 6.84.